The highest BCUT2D eigenvalue weighted by atomic mass is 35.5. The average Bonchev–Trinajstić information content (AvgIpc) is 2.76. The van der Waals surface area contributed by atoms with Crippen LogP contribution in [0.3, 0.4) is 0 Å². The molecule has 1 N–H and O–H groups in total. The van der Waals surface area contributed by atoms with Crippen molar-refractivity contribution in [3.8, 4) is 0 Å². The van der Waals surface area contributed by atoms with Gasteiger partial charge in [-0.2, -0.15) is 0 Å². The Hall–Kier alpha value is -2.83. The van der Waals surface area contributed by atoms with E-state index < -0.39 is 10.0 Å². The van der Waals surface area contributed by atoms with E-state index in [0.717, 1.165) is 15.4 Å². The van der Waals surface area contributed by atoms with E-state index in [2.05, 4.69) is 5.32 Å². The first-order valence-electron chi connectivity index (χ1n) is 10.0. The van der Waals surface area contributed by atoms with Crippen LogP contribution in [0.25, 0.3) is 0 Å². The first-order valence-corrected chi connectivity index (χ1v) is 11.8. The maximum Gasteiger partial charge on any atom is 0.264 e. The van der Waals surface area contributed by atoms with Gasteiger partial charge in [0.2, 0.25) is 5.91 Å². The van der Waals surface area contributed by atoms with Crippen molar-refractivity contribution < 1.29 is 13.2 Å². The zero-order chi connectivity index (χ0) is 22.4. The van der Waals surface area contributed by atoms with Gasteiger partial charge in [0.1, 0.15) is 6.54 Å². The first kappa shape index (κ1) is 22.8. The molecule has 0 radical (unpaired) electrons. The van der Waals surface area contributed by atoms with E-state index in [-0.39, 0.29) is 23.4 Å². The number of amides is 1. The third kappa shape index (κ3) is 5.66. The molecule has 0 aliphatic carbocycles. The summed E-state index contributed by atoms with van der Waals surface area (Å²) in [6.07, 6.45) is 0.685. The predicted octanol–water partition coefficient (Wildman–Crippen LogP) is 5.11. The van der Waals surface area contributed by atoms with Crippen LogP contribution in [-0.2, 0) is 14.8 Å². The van der Waals surface area contributed by atoms with Crippen molar-refractivity contribution in [3.63, 3.8) is 0 Å². The molecule has 0 saturated carbocycles. The summed E-state index contributed by atoms with van der Waals surface area (Å²) in [7, 11) is -3.98. The van der Waals surface area contributed by atoms with Crippen molar-refractivity contribution in [2.45, 2.75) is 31.2 Å². The van der Waals surface area contributed by atoms with E-state index in [4.69, 9.17) is 11.6 Å². The lowest BCUT2D eigenvalue weighted by Gasteiger charge is -2.26. The highest BCUT2D eigenvalue weighted by molar-refractivity contribution is 7.92. The number of carbonyl (C=O) groups is 1. The zero-order valence-corrected chi connectivity index (χ0v) is 19.0. The minimum atomic E-state index is -3.98. The molecule has 162 valence electrons. The molecule has 3 rings (SSSR count). The van der Waals surface area contributed by atoms with Gasteiger partial charge in [0, 0.05) is 5.02 Å². The van der Waals surface area contributed by atoms with Crippen LogP contribution < -0.4 is 9.62 Å². The fourth-order valence-corrected chi connectivity index (χ4v) is 4.85. The molecule has 3 aromatic rings. The Morgan fingerprint density at radius 3 is 2.29 bits per heavy atom. The van der Waals surface area contributed by atoms with E-state index >= 15 is 0 Å². The number of rotatable bonds is 8. The topological polar surface area (TPSA) is 66.5 Å². The molecule has 0 unspecified atom stereocenters. The monoisotopic (exact) mass is 456 g/mol. The zero-order valence-electron chi connectivity index (χ0n) is 17.5. The number of hydrogen-bond acceptors (Lipinski definition) is 3. The van der Waals surface area contributed by atoms with E-state index in [9.17, 15) is 13.2 Å². The Morgan fingerprint density at radius 1 is 1.00 bits per heavy atom. The molecule has 0 heterocycles. The van der Waals surface area contributed by atoms with Crippen molar-refractivity contribution >= 4 is 33.2 Å². The van der Waals surface area contributed by atoms with Crippen LogP contribution in [0.4, 0.5) is 5.69 Å². The Balaban J connectivity index is 1.91. The third-order valence-corrected chi connectivity index (χ3v) is 6.96. The second kappa shape index (κ2) is 9.98. The fraction of sp³-hybridized carbons (Fsp3) is 0.208. The number of nitrogens with one attached hydrogen (secondary N) is 1. The first-order chi connectivity index (χ1) is 14.8. The third-order valence-electron chi connectivity index (χ3n) is 4.92. The van der Waals surface area contributed by atoms with E-state index in [1.54, 1.807) is 18.2 Å². The lowest BCUT2D eigenvalue weighted by Crippen LogP contribution is -2.42. The molecule has 0 bridgehead atoms. The second-order valence-electron chi connectivity index (χ2n) is 7.24. The molecule has 1 atom stereocenters. The van der Waals surface area contributed by atoms with E-state index in [1.807, 2.05) is 50.2 Å². The number of aryl methyl sites for hydroxylation is 1. The van der Waals surface area contributed by atoms with Gasteiger partial charge in [0.25, 0.3) is 10.0 Å². The summed E-state index contributed by atoms with van der Waals surface area (Å²) in [4.78, 5) is 13.0. The summed E-state index contributed by atoms with van der Waals surface area (Å²) in [5.41, 5.74) is 2.30. The van der Waals surface area contributed by atoms with Crippen molar-refractivity contribution in [2.24, 2.45) is 0 Å². The van der Waals surface area contributed by atoms with Gasteiger partial charge in [0.15, 0.2) is 0 Å². The Morgan fingerprint density at radius 2 is 1.68 bits per heavy atom. The van der Waals surface area contributed by atoms with Crippen LogP contribution in [0, 0.1) is 6.92 Å². The Labute approximate surface area is 188 Å². The minimum Gasteiger partial charge on any atom is -0.348 e. The molecular weight excluding hydrogens is 432 g/mol. The van der Waals surface area contributed by atoms with Gasteiger partial charge in [0.05, 0.1) is 16.6 Å². The summed E-state index contributed by atoms with van der Waals surface area (Å²) in [5.74, 6) is -0.380. The Kier molecular flexibility index (Phi) is 7.36. The maximum absolute atomic E-state index is 13.4. The van der Waals surface area contributed by atoms with Crippen molar-refractivity contribution in [3.05, 3.63) is 95.0 Å². The highest BCUT2D eigenvalue weighted by Gasteiger charge is 2.28. The van der Waals surface area contributed by atoms with Crippen molar-refractivity contribution in [2.75, 3.05) is 10.8 Å². The molecule has 3 aromatic carbocycles. The van der Waals surface area contributed by atoms with Crippen LogP contribution >= 0.6 is 11.6 Å². The molecule has 5 nitrogen and oxygen atoms in total. The number of sulfonamides is 1. The number of carbonyl (C=O) groups excluding carboxylic acids is 1. The molecule has 0 aliphatic heterocycles. The Bertz CT molecular complexity index is 1130. The van der Waals surface area contributed by atoms with E-state index in [0.29, 0.717) is 17.1 Å². The number of hydrogen-bond donors (Lipinski definition) is 1. The quantitative estimate of drug-likeness (QED) is 0.512. The highest BCUT2D eigenvalue weighted by Crippen LogP contribution is 2.26. The van der Waals surface area contributed by atoms with E-state index in [1.165, 1.54) is 24.3 Å². The fourth-order valence-electron chi connectivity index (χ4n) is 3.31. The van der Waals surface area contributed by atoms with Gasteiger partial charge in [-0.25, -0.2) is 8.42 Å². The smallest absolute Gasteiger partial charge is 0.264 e. The van der Waals surface area contributed by atoms with Crippen molar-refractivity contribution in [1.82, 2.24) is 5.32 Å². The number of benzene rings is 3. The van der Waals surface area contributed by atoms with Gasteiger partial charge in [-0.15, -0.1) is 0 Å². The lowest BCUT2D eigenvalue weighted by molar-refractivity contribution is -0.120. The van der Waals surface area contributed by atoms with Crippen LogP contribution in [0.1, 0.15) is 30.5 Å². The summed E-state index contributed by atoms with van der Waals surface area (Å²) >= 11 is 5.92. The standard InChI is InChI=1S/C24H25ClN2O3S/c1-3-23(19-9-5-4-6-10-19)26-24(28)17-27(21-11-7-8-18(2)16-21)31(29,30)22-14-12-20(25)13-15-22/h4-16,23H,3,17H2,1-2H3,(H,26,28)/t23-/m1/s1. The van der Waals surface area contributed by atoms with Crippen LogP contribution in [0.2, 0.25) is 5.02 Å². The average molecular weight is 457 g/mol. The van der Waals surface area contributed by atoms with Crippen LogP contribution in [-0.4, -0.2) is 20.9 Å². The molecule has 0 aromatic heterocycles. The predicted molar refractivity (Wildman–Crippen MR) is 125 cm³/mol. The van der Waals surface area contributed by atoms with Crippen molar-refractivity contribution in [1.29, 1.82) is 0 Å². The van der Waals surface area contributed by atoms with Gasteiger partial charge < -0.3 is 5.32 Å². The number of nitrogens with zero attached hydrogens (tertiary/aromatic N) is 1. The molecule has 31 heavy (non-hydrogen) atoms. The molecule has 0 spiro atoms. The maximum atomic E-state index is 13.4. The number of anilines is 1. The molecule has 0 fully saturated rings. The molecular formula is C24H25ClN2O3S. The second-order valence-corrected chi connectivity index (χ2v) is 9.54. The lowest BCUT2D eigenvalue weighted by atomic mass is 10.0. The SMILES string of the molecule is CC[C@@H](NC(=O)CN(c1cccc(C)c1)S(=O)(=O)c1ccc(Cl)cc1)c1ccccc1. The molecule has 1 amide bonds. The summed E-state index contributed by atoms with van der Waals surface area (Å²) < 4.78 is 28.0. The number of halogens is 1. The minimum absolute atomic E-state index is 0.0707. The van der Waals surface area contributed by atoms with Gasteiger partial charge in [-0.1, -0.05) is 61.0 Å². The van der Waals surface area contributed by atoms with Gasteiger partial charge in [-0.3, -0.25) is 9.10 Å². The molecule has 7 heteroatoms. The molecule has 0 saturated heterocycles. The van der Waals surface area contributed by atoms with Gasteiger partial charge >= 0.3 is 0 Å². The normalized spacial score (nSPS) is 12.2. The summed E-state index contributed by atoms with van der Waals surface area (Å²) in [5, 5.41) is 3.40. The largest absolute Gasteiger partial charge is 0.348 e. The summed E-state index contributed by atoms with van der Waals surface area (Å²) in [6, 6.07) is 22.4. The molecule has 0 aliphatic rings. The van der Waals surface area contributed by atoms with Crippen LogP contribution in [0.15, 0.2) is 83.8 Å². The van der Waals surface area contributed by atoms with Gasteiger partial charge in [-0.05, 0) is 60.9 Å². The van der Waals surface area contributed by atoms with Crippen LogP contribution in [0.5, 0.6) is 0 Å². The summed E-state index contributed by atoms with van der Waals surface area (Å²) in [6.45, 7) is 3.51.